The van der Waals surface area contributed by atoms with Crippen LogP contribution >= 0.6 is 0 Å². The van der Waals surface area contributed by atoms with E-state index in [1.165, 1.54) is 11.1 Å². The molecule has 0 amide bonds. The van der Waals surface area contributed by atoms with Gasteiger partial charge in [-0.05, 0) is 30.9 Å². The first-order valence-electron chi connectivity index (χ1n) is 9.94. The van der Waals surface area contributed by atoms with Crippen LogP contribution in [0.4, 0.5) is 0 Å². The Hall–Kier alpha value is -1.85. The van der Waals surface area contributed by atoms with Gasteiger partial charge in [-0.2, -0.15) is 0 Å². The van der Waals surface area contributed by atoms with Gasteiger partial charge in [-0.25, -0.2) is 0 Å². The summed E-state index contributed by atoms with van der Waals surface area (Å²) in [6.07, 6.45) is 4.52. The van der Waals surface area contributed by atoms with Gasteiger partial charge in [-0.15, -0.1) is 0 Å². The number of nitrogens with one attached hydrogen (secondary N) is 1. The van der Waals surface area contributed by atoms with Crippen LogP contribution < -0.4 is 5.32 Å². The van der Waals surface area contributed by atoms with E-state index in [2.05, 4.69) is 58.4 Å². The third-order valence-corrected chi connectivity index (χ3v) is 4.99. The van der Waals surface area contributed by atoms with E-state index >= 15 is 0 Å². The topological polar surface area (TPSA) is 40.1 Å². The highest BCUT2D eigenvalue weighted by molar-refractivity contribution is 5.81. The van der Waals surface area contributed by atoms with Crippen LogP contribution in [0, 0.1) is 0 Å². The van der Waals surface area contributed by atoms with E-state index in [0.29, 0.717) is 0 Å². The van der Waals surface area contributed by atoms with E-state index < -0.39 is 0 Å². The molecular formula is C21H32N4O. The summed E-state index contributed by atoms with van der Waals surface area (Å²) in [7, 11) is 0. The zero-order valence-electron chi connectivity index (χ0n) is 16.0. The van der Waals surface area contributed by atoms with E-state index in [1.807, 2.05) is 0 Å². The molecule has 5 nitrogen and oxygen atoms in total. The molecule has 1 aromatic carbocycles. The molecular weight excluding hydrogens is 324 g/mol. The highest BCUT2D eigenvalue weighted by Gasteiger charge is 2.16. The van der Waals surface area contributed by atoms with Crippen molar-refractivity contribution in [3.63, 3.8) is 0 Å². The molecule has 3 rings (SSSR count). The van der Waals surface area contributed by atoms with Gasteiger partial charge in [-0.1, -0.05) is 36.4 Å². The fraction of sp³-hybridized carbons (Fsp3) is 0.571. The van der Waals surface area contributed by atoms with E-state index in [9.17, 15) is 0 Å². The van der Waals surface area contributed by atoms with Gasteiger partial charge in [0.1, 0.15) is 0 Å². The largest absolute Gasteiger partial charge is 0.379 e. The lowest BCUT2D eigenvalue weighted by atomic mass is 10.00. The van der Waals surface area contributed by atoms with Crippen LogP contribution in [0.15, 0.2) is 41.4 Å². The number of ether oxygens (including phenoxy) is 1. The molecule has 2 aliphatic heterocycles. The second-order valence-corrected chi connectivity index (χ2v) is 6.83. The summed E-state index contributed by atoms with van der Waals surface area (Å²) in [5.41, 5.74) is 2.80. The fourth-order valence-corrected chi connectivity index (χ4v) is 3.51. The Morgan fingerprint density at radius 2 is 1.96 bits per heavy atom. The van der Waals surface area contributed by atoms with E-state index in [1.54, 1.807) is 0 Å². The number of morpholine rings is 1. The second-order valence-electron chi connectivity index (χ2n) is 6.83. The van der Waals surface area contributed by atoms with Crippen LogP contribution in [0.3, 0.4) is 0 Å². The molecule has 0 spiro atoms. The minimum Gasteiger partial charge on any atom is -0.379 e. The molecule has 1 aromatic rings. The highest BCUT2D eigenvalue weighted by atomic mass is 16.5. The lowest BCUT2D eigenvalue weighted by Crippen LogP contribution is -2.43. The smallest absolute Gasteiger partial charge is 0.194 e. The molecule has 1 N–H and O–H groups in total. The summed E-state index contributed by atoms with van der Waals surface area (Å²) in [6.45, 7) is 10.9. The molecule has 0 unspecified atom stereocenters. The molecule has 26 heavy (non-hydrogen) atoms. The molecule has 0 aromatic heterocycles. The monoisotopic (exact) mass is 356 g/mol. The SMILES string of the molecule is CCNC(=NCCCN1CCOCC1)N1CC=C(c2ccccc2)CC1. The number of hydrogen-bond acceptors (Lipinski definition) is 3. The maximum Gasteiger partial charge on any atom is 0.194 e. The quantitative estimate of drug-likeness (QED) is 0.483. The highest BCUT2D eigenvalue weighted by Crippen LogP contribution is 2.21. The number of aliphatic imine (C=N–C) groups is 1. The van der Waals surface area contributed by atoms with Gasteiger partial charge in [0.2, 0.25) is 0 Å². The zero-order valence-corrected chi connectivity index (χ0v) is 16.0. The predicted molar refractivity (Wildman–Crippen MR) is 108 cm³/mol. The summed E-state index contributed by atoms with van der Waals surface area (Å²) in [4.78, 5) is 9.70. The molecule has 0 aliphatic carbocycles. The van der Waals surface area contributed by atoms with Crippen molar-refractivity contribution in [3.05, 3.63) is 42.0 Å². The standard InChI is InChI=1S/C21H32N4O/c1-2-22-21(23-11-6-12-24-15-17-26-18-16-24)25-13-9-20(10-14-25)19-7-4-3-5-8-19/h3-5,7-9H,2,6,10-18H2,1H3,(H,22,23). The summed E-state index contributed by atoms with van der Waals surface area (Å²) in [5.74, 6) is 1.05. The predicted octanol–water partition coefficient (Wildman–Crippen LogP) is 2.46. The number of hydrogen-bond donors (Lipinski definition) is 1. The summed E-state index contributed by atoms with van der Waals surface area (Å²) < 4.78 is 5.40. The van der Waals surface area contributed by atoms with Crippen molar-refractivity contribution in [3.8, 4) is 0 Å². The normalized spacial score (nSPS) is 19.3. The second kappa shape index (κ2) is 10.3. The Kier molecular flexibility index (Phi) is 7.52. The van der Waals surface area contributed by atoms with Gasteiger partial charge in [-0.3, -0.25) is 9.89 Å². The van der Waals surface area contributed by atoms with E-state index in [4.69, 9.17) is 9.73 Å². The van der Waals surface area contributed by atoms with Crippen molar-refractivity contribution in [1.82, 2.24) is 15.1 Å². The Balaban J connectivity index is 1.50. The third-order valence-electron chi connectivity index (χ3n) is 4.99. The molecule has 0 radical (unpaired) electrons. The number of benzene rings is 1. The fourth-order valence-electron chi connectivity index (χ4n) is 3.51. The van der Waals surface area contributed by atoms with Crippen molar-refractivity contribution in [2.75, 3.05) is 59.0 Å². The van der Waals surface area contributed by atoms with Gasteiger partial charge >= 0.3 is 0 Å². The average Bonchev–Trinajstić information content (AvgIpc) is 2.72. The zero-order chi connectivity index (χ0) is 18.0. The van der Waals surface area contributed by atoms with Crippen molar-refractivity contribution in [1.29, 1.82) is 0 Å². The summed E-state index contributed by atoms with van der Waals surface area (Å²) in [5, 5.41) is 3.46. The average molecular weight is 357 g/mol. The minimum absolute atomic E-state index is 0.871. The maximum absolute atomic E-state index is 5.40. The van der Waals surface area contributed by atoms with Crippen LogP contribution in [0.1, 0.15) is 25.3 Å². The first-order chi connectivity index (χ1) is 12.9. The van der Waals surface area contributed by atoms with Gasteiger partial charge < -0.3 is 15.0 Å². The Morgan fingerprint density at radius 1 is 1.15 bits per heavy atom. The number of rotatable bonds is 6. The lowest BCUT2D eigenvalue weighted by Gasteiger charge is -2.30. The molecule has 0 atom stereocenters. The van der Waals surface area contributed by atoms with E-state index in [-0.39, 0.29) is 0 Å². The molecule has 1 saturated heterocycles. The molecule has 2 heterocycles. The van der Waals surface area contributed by atoms with Crippen molar-refractivity contribution >= 4 is 11.5 Å². The lowest BCUT2D eigenvalue weighted by molar-refractivity contribution is 0.0377. The van der Waals surface area contributed by atoms with Crippen molar-refractivity contribution < 1.29 is 4.74 Å². The van der Waals surface area contributed by atoms with Crippen LogP contribution in [0.25, 0.3) is 5.57 Å². The van der Waals surface area contributed by atoms with E-state index in [0.717, 1.165) is 77.8 Å². The van der Waals surface area contributed by atoms with Crippen LogP contribution in [0.5, 0.6) is 0 Å². The minimum atomic E-state index is 0.871. The Morgan fingerprint density at radius 3 is 2.65 bits per heavy atom. The van der Waals surface area contributed by atoms with Gasteiger partial charge in [0.05, 0.1) is 13.2 Å². The Labute approximate surface area is 157 Å². The van der Waals surface area contributed by atoms with Gasteiger partial charge in [0, 0.05) is 45.8 Å². The van der Waals surface area contributed by atoms with Gasteiger partial charge in [0.15, 0.2) is 5.96 Å². The summed E-state index contributed by atoms with van der Waals surface area (Å²) in [6, 6.07) is 10.7. The molecule has 0 bridgehead atoms. The van der Waals surface area contributed by atoms with Gasteiger partial charge in [0.25, 0.3) is 0 Å². The number of nitrogens with zero attached hydrogens (tertiary/aromatic N) is 3. The number of guanidine groups is 1. The van der Waals surface area contributed by atoms with Crippen LogP contribution in [-0.2, 0) is 4.74 Å². The third kappa shape index (κ3) is 5.58. The van der Waals surface area contributed by atoms with Crippen molar-refractivity contribution in [2.24, 2.45) is 4.99 Å². The van der Waals surface area contributed by atoms with Crippen molar-refractivity contribution in [2.45, 2.75) is 19.8 Å². The maximum atomic E-state index is 5.40. The van der Waals surface area contributed by atoms with Crippen LogP contribution in [0.2, 0.25) is 0 Å². The molecule has 1 fully saturated rings. The first-order valence-corrected chi connectivity index (χ1v) is 9.94. The molecule has 5 heteroatoms. The molecule has 0 saturated carbocycles. The molecule has 2 aliphatic rings. The molecule has 142 valence electrons. The summed E-state index contributed by atoms with van der Waals surface area (Å²) >= 11 is 0. The Bertz CT molecular complexity index is 593. The van der Waals surface area contributed by atoms with Crippen LogP contribution in [-0.4, -0.2) is 74.8 Å². The first kappa shape index (κ1) is 18.9.